The largest absolute Gasteiger partial charge is 0.508 e. The van der Waals surface area contributed by atoms with E-state index in [0.29, 0.717) is 23.4 Å². The van der Waals surface area contributed by atoms with Crippen molar-refractivity contribution in [2.24, 2.45) is 0 Å². The zero-order valence-electron chi connectivity index (χ0n) is 13.1. The molecule has 0 aliphatic rings. The second kappa shape index (κ2) is 7.18. The number of rotatable bonds is 4. The summed E-state index contributed by atoms with van der Waals surface area (Å²) < 4.78 is 1.17. The van der Waals surface area contributed by atoms with Crippen LogP contribution in [0.4, 0.5) is 10.6 Å². The number of carbonyl (C=O) groups excluding carboxylic acids is 1. The number of pyridine rings is 1. The summed E-state index contributed by atoms with van der Waals surface area (Å²) in [6.07, 6.45) is 3.02. The SMILES string of the molecule is C=CCN(S)C(=O)Nc1cnc2ccc(-c3ccc(O)cc3)nc2n1. The normalized spacial score (nSPS) is 10.4. The maximum absolute atomic E-state index is 11.9. The molecule has 0 bridgehead atoms. The van der Waals surface area contributed by atoms with Gasteiger partial charge in [0.25, 0.3) is 0 Å². The summed E-state index contributed by atoms with van der Waals surface area (Å²) in [5.41, 5.74) is 2.53. The van der Waals surface area contributed by atoms with E-state index in [2.05, 4.69) is 39.7 Å². The van der Waals surface area contributed by atoms with Gasteiger partial charge in [0, 0.05) is 5.56 Å². The van der Waals surface area contributed by atoms with Crippen LogP contribution in [0.2, 0.25) is 0 Å². The van der Waals surface area contributed by atoms with Crippen molar-refractivity contribution in [2.75, 3.05) is 11.9 Å². The first-order chi connectivity index (χ1) is 12.1. The fraction of sp³-hybridized carbons (Fsp3) is 0.0588. The Morgan fingerprint density at radius 2 is 2.00 bits per heavy atom. The van der Waals surface area contributed by atoms with Gasteiger partial charge < -0.3 is 5.11 Å². The summed E-state index contributed by atoms with van der Waals surface area (Å²) >= 11 is 4.05. The number of hydrogen-bond donors (Lipinski definition) is 3. The second-order valence-electron chi connectivity index (χ2n) is 5.14. The summed E-state index contributed by atoms with van der Waals surface area (Å²) in [7, 11) is 0. The Bertz CT molecular complexity index is 930. The number of fused-ring (bicyclic) bond motifs is 1. The first-order valence-electron chi connectivity index (χ1n) is 7.38. The Morgan fingerprint density at radius 1 is 1.24 bits per heavy atom. The van der Waals surface area contributed by atoms with Crippen LogP contribution in [-0.2, 0) is 0 Å². The zero-order valence-corrected chi connectivity index (χ0v) is 14.0. The lowest BCUT2D eigenvalue weighted by molar-refractivity contribution is 0.241. The van der Waals surface area contributed by atoms with Crippen molar-refractivity contribution in [3.05, 3.63) is 55.3 Å². The van der Waals surface area contributed by atoms with Gasteiger partial charge in [-0.15, -0.1) is 6.58 Å². The number of urea groups is 1. The van der Waals surface area contributed by atoms with Crippen LogP contribution in [0.5, 0.6) is 5.75 Å². The molecule has 2 heterocycles. The molecule has 0 aliphatic carbocycles. The highest BCUT2D eigenvalue weighted by atomic mass is 32.1. The van der Waals surface area contributed by atoms with Gasteiger partial charge in [0.05, 0.1) is 18.4 Å². The molecular formula is C17H15N5O2S. The summed E-state index contributed by atoms with van der Waals surface area (Å²) in [4.78, 5) is 25.0. The van der Waals surface area contributed by atoms with Crippen LogP contribution in [0.1, 0.15) is 0 Å². The van der Waals surface area contributed by atoms with Crippen molar-refractivity contribution in [1.29, 1.82) is 0 Å². The molecule has 7 nitrogen and oxygen atoms in total. The van der Waals surface area contributed by atoms with Gasteiger partial charge in [0.2, 0.25) is 0 Å². The molecule has 3 aromatic rings. The van der Waals surface area contributed by atoms with Crippen molar-refractivity contribution in [2.45, 2.75) is 0 Å². The van der Waals surface area contributed by atoms with Gasteiger partial charge in [-0.25, -0.2) is 19.7 Å². The van der Waals surface area contributed by atoms with E-state index in [-0.39, 0.29) is 11.6 Å². The van der Waals surface area contributed by atoms with Crippen molar-refractivity contribution in [3.63, 3.8) is 0 Å². The lowest BCUT2D eigenvalue weighted by atomic mass is 10.1. The standard InChI is InChI=1S/C17H15N5O2S/c1-2-9-22(25)17(24)21-15-10-18-14-8-7-13(19-16(14)20-15)11-3-5-12(23)6-4-11/h2-8,10,23,25H,1,9H2,(H,19,20,21,24). The smallest absolute Gasteiger partial charge is 0.333 e. The Hall–Kier alpha value is -3.13. The predicted octanol–water partition coefficient (Wildman–Crippen LogP) is 3.26. The molecule has 2 aromatic heterocycles. The van der Waals surface area contributed by atoms with Crippen LogP contribution in [0.25, 0.3) is 22.4 Å². The topological polar surface area (TPSA) is 91.2 Å². The van der Waals surface area contributed by atoms with Gasteiger partial charge in [0.15, 0.2) is 11.5 Å². The molecule has 2 N–H and O–H groups in total. The molecule has 126 valence electrons. The van der Waals surface area contributed by atoms with E-state index in [9.17, 15) is 9.90 Å². The number of anilines is 1. The molecule has 25 heavy (non-hydrogen) atoms. The van der Waals surface area contributed by atoms with Crippen molar-refractivity contribution >= 4 is 35.8 Å². The number of carbonyl (C=O) groups is 1. The van der Waals surface area contributed by atoms with Gasteiger partial charge in [0.1, 0.15) is 11.3 Å². The Morgan fingerprint density at radius 3 is 2.72 bits per heavy atom. The molecule has 0 aliphatic heterocycles. The molecule has 0 fully saturated rings. The maximum Gasteiger partial charge on any atom is 0.333 e. The number of benzene rings is 1. The summed E-state index contributed by atoms with van der Waals surface area (Å²) in [5.74, 6) is 0.459. The molecule has 0 saturated heterocycles. The number of thiol groups is 1. The van der Waals surface area contributed by atoms with E-state index in [1.807, 2.05) is 6.07 Å². The number of aromatic hydroxyl groups is 1. The van der Waals surface area contributed by atoms with Crippen LogP contribution in [0.3, 0.4) is 0 Å². The minimum Gasteiger partial charge on any atom is -0.508 e. The molecule has 0 saturated carbocycles. The lowest BCUT2D eigenvalue weighted by Crippen LogP contribution is -2.27. The summed E-state index contributed by atoms with van der Waals surface area (Å²) in [6, 6.07) is 9.88. The monoisotopic (exact) mass is 353 g/mol. The third-order valence-electron chi connectivity index (χ3n) is 3.34. The van der Waals surface area contributed by atoms with E-state index in [1.54, 1.807) is 36.4 Å². The van der Waals surface area contributed by atoms with Crippen LogP contribution in [-0.4, -0.2) is 36.9 Å². The first-order valence-corrected chi connectivity index (χ1v) is 7.78. The van der Waals surface area contributed by atoms with E-state index >= 15 is 0 Å². The van der Waals surface area contributed by atoms with E-state index in [1.165, 1.54) is 10.5 Å². The molecule has 0 spiro atoms. The minimum atomic E-state index is -0.438. The molecular weight excluding hydrogens is 338 g/mol. The van der Waals surface area contributed by atoms with Gasteiger partial charge in [-0.3, -0.25) is 9.62 Å². The Labute approximate surface area is 149 Å². The van der Waals surface area contributed by atoms with Crippen LogP contribution >= 0.6 is 12.8 Å². The zero-order chi connectivity index (χ0) is 17.8. The molecule has 3 rings (SSSR count). The van der Waals surface area contributed by atoms with Gasteiger partial charge >= 0.3 is 6.03 Å². The third-order valence-corrected chi connectivity index (χ3v) is 3.69. The number of nitrogens with one attached hydrogen (secondary N) is 1. The van der Waals surface area contributed by atoms with Crippen molar-refractivity contribution in [1.82, 2.24) is 19.3 Å². The second-order valence-corrected chi connectivity index (χ2v) is 5.63. The molecule has 0 atom stereocenters. The molecule has 8 heteroatoms. The molecule has 1 aromatic carbocycles. The average Bonchev–Trinajstić information content (AvgIpc) is 2.62. The highest BCUT2D eigenvalue weighted by Gasteiger charge is 2.11. The van der Waals surface area contributed by atoms with Crippen LogP contribution in [0.15, 0.2) is 55.3 Å². The Kier molecular flexibility index (Phi) is 4.80. The molecule has 2 amide bonds. The van der Waals surface area contributed by atoms with Gasteiger partial charge in [-0.05, 0) is 36.4 Å². The van der Waals surface area contributed by atoms with E-state index in [0.717, 1.165) is 5.56 Å². The highest BCUT2D eigenvalue weighted by molar-refractivity contribution is 7.78. The van der Waals surface area contributed by atoms with Crippen molar-refractivity contribution in [3.8, 4) is 17.0 Å². The summed E-state index contributed by atoms with van der Waals surface area (Å²) in [5, 5.41) is 12.0. The van der Waals surface area contributed by atoms with E-state index in [4.69, 9.17) is 0 Å². The molecule has 0 radical (unpaired) electrons. The van der Waals surface area contributed by atoms with E-state index < -0.39 is 6.03 Å². The number of hydrogen-bond acceptors (Lipinski definition) is 6. The third kappa shape index (κ3) is 3.86. The highest BCUT2D eigenvalue weighted by Crippen LogP contribution is 2.22. The number of phenolic OH excluding ortho intramolecular Hbond substituents is 1. The number of nitrogens with zero attached hydrogens (tertiary/aromatic N) is 4. The van der Waals surface area contributed by atoms with Gasteiger partial charge in [-0.1, -0.05) is 18.9 Å². The minimum absolute atomic E-state index is 0.185. The first kappa shape index (κ1) is 16.7. The Balaban J connectivity index is 1.89. The summed E-state index contributed by atoms with van der Waals surface area (Å²) in [6.45, 7) is 3.84. The molecule has 0 unspecified atom stereocenters. The number of phenols is 1. The average molecular weight is 353 g/mol. The fourth-order valence-electron chi connectivity index (χ4n) is 2.13. The fourth-order valence-corrected chi connectivity index (χ4v) is 2.30. The van der Waals surface area contributed by atoms with Crippen molar-refractivity contribution < 1.29 is 9.90 Å². The maximum atomic E-state index is 11.9. The quantitative estimate of drug-likeness (QED) is 0.495. The van der Waals surface area contributed by atoms with Gasteiger partial charge in [-0.2, -0.15) is 0 Å². The number of amides is 2. The lowest BCUT2D eigenvalue weighted by Gasteiger charge is -2.13. The predicted molar refractivity (Wildman–Crippen MR) is 99.3 cm³/mol. The number of aromatic nitrogens is 3. The van der Waals surface area contributed by atoms with Crippen LogP contribution in [0, 0.1) is 0 Å². The van der Waals surface area contributed by atoms with Crippen LogP contribution < -0.4 is 5.32 Å².